The fourth-order valence-corrected chi connectivity index (χ4v) is 3.87. The standard InChI is InChI=1S/C11H22FNO6P2/c1-3-10(2)13-9-7-5-4-6-8-11(12,20(14,15)16)21(17,18)19/h3,13H,1-2,4-9H2,(H2,14,15,16)(H2,17,18,19). The van der Waals surface area contributed by atoms with Gasteiger partial charge in [-0.05, 0) is 18.9 Å². The van der Waals surface area contributed by atoms with Gasteiger partial charge in [-0.15, -0.1) is 0 Å². The molecule has 5 N–H and O–H groups in total. The van der Waals surface area contributed by atoms with Crippen molar-refractivity contribution in [3.05, 3.63) is 24.9 Å². The van der Waals surface area contributed by atoms with E-state index in [2.05, 4.69) is 18.5 Å². The lowest BCUT2D eigenvalue weighted by atomic mass is 10.1. The third kappa shape index (κ3) is 6.43. The van der Waals surface area contributed by atoms with Crippen molar-refractivity contribution in [3.63, 3.8) is 0 Å². The molecule has 7 nitrogen and oxygen atoms in total. The zero-order chi connectivity index (χ0) is 16.7. The molecular formula is C11H22FNO6P2. The Bertz CT molecular complexity index is 436. The Morgan fingerprint density at radius 3 is 2.00 bits per heavy atom. The van der Waals surface area contributed by atoms with Gasteiger partial charge in [0.05, 0.1) is 0 Å². The number of allylic oxidation sites excluding steroid dienone is 1. The van der Waals surface area contributed by atoms with E-state index in [1.807, 2.05) is 0 Å². The highest BCUT2D eigenvalue weighted by atomic mass is 31.2. The Morgan fingerprint density at radius 2 is 1.57 bits per heavy atom. The Labute approximate surface area is 123 Å². The quantitative estimate of drug-likeness (QED) is 0.221. The first-order valence-corrected chi connectivity index (χ1v) is 9.53. The first-order chi connectivity index (χ1) is 9.45. The van der Waals surface area contributed by atoms with E-state index >= 15 is 0 Å². The molecule has 0 aliphatic rings. The Morgan fingerprint density at radius 1 is 1.10 bits per heavy atom. The predicted octanol–water partition coefficient (Wildman–Crippen LogP) is 2.20. The molecule has 0 aromatic heterocycles. The van der Waals surface area contributed by atoms with Crippen LogP contribution in [0.4, 0.5) is 4.39 Å². The van der Waals surface area contributed by atoms with Gasteiger partial charge in [0.2, 0.25) is 0 Å². The lowest BCUT2D eigenvalue weighted by Gasteiger charge is -2.26. The van der Waals surface area contributed by atoms with Crippen LogP contribution in [0, 0.1) is 0 Å². The molecule has 0 aromatic rings. The highest BCUT2D eigenvalue weighted by molar-refractivity contribution is 7.72. The monoisotopic (exact) mass is 345 g/mol. The van der Waals surface area contributed by atoms with Crippen molar-refractivity contribution in [1.82, 2.24) is 5.32 Å². The van der Waals surface area contributed by atoms with Crippen LogP contribution in [0.1, 0.15) is 32.1 Å². The summed E-state index contributed by atoms with van der Waals surface area (Å²) in [5, 5.41) is -0.844. The van der Waals surface area contributed by atoms with Crippen molar-refractivity contribution >= 4 is 15.2 Å². The molecule has 0 amide bonds. The second-order valence-electron chi connectivity index (χ2n) is 4.63. The van der Waals surface area contributed by atoms with Crippen LogP contribution in [0.25, 0.3) is 0 Å². The topological polar surface area (TPSA) is 127 Å². The minimum Gasteiger partial charge on any atom is -0.386 e. The number of hydrogen-bond donors (Lipinski definition) is 5. The average Bonchev–Trinajstić information content (AvgIpc) is 2.34. The maximum absolute atomic E-state index is 14.0. The van der Waals surface area contributed by atoms with E-state index in [1.54, 1.807) is 6.08 Å². The van der Waals surface area contributed by atoms with E-state index in [1.165, 1.54) is 0 Å². The molecule has 0 heterocycles. The van der Waals surface area contributed by atoms with Crippen LogP contribution >= 0.6 is 15.2 Å². The maximum Gasteiger partial charge on any atom is 0.375 e. The van der Waals surface area contributed by atoms with Crippen molar-refractivity contribution < 1.29 is 33.1 Å². The van der Waals surface area contributed by atoms with Crippen LogP contribution in [0.2, 0.25) is 0 Å². The number of alkyl halides is 1. The average molecular weight is 345 g/mol. The van der Waals surface area contributed by atoms with Gasteiger partial charge in [-0.2, -0.15) is 0 Å². The first kappa shape index (κ1) is 20.5. The number of unbranched alkanes of at least 4 members (excludes halogenated alkanes) is 3. The van der Waals surface area contributed by atoms with Gasteiger partial charge >= 0.3 is 20.3 Å². The van der Waals surface area contributed by atoms with E-state index in [0.717, 1.165) is 0 Å². The van der Waals surface area contributed by atoms with Crippen molar-refractivity contribution in [2.24, 2.45) is 0 Å². The fraction of sp³-hybridized carbons (Fsp3) is 0.636. The summed E-state index contributed by atoms with van der Waals surface area (Å²) in [6.07, 6.45) is 2.36. The van der Waals surface area contributed by atoms with Gasteiger partial charge in [0.25, 0.3) is 0 Å². The molecule has 0 rings (SSSR count). The second kappa shape index (κ2) is 8.22. The van der Waals surface area contributed by atoms with Crippen molar-refractivity contribution in [2.75, 3.05) is 6.54 Å². The minimum absolute atomic E-state index is 0.0326. The number of nitrogens with one attached hydrogen (secondary N) is 1. The van der Waals surface area contributed by atoms with E-state index in [9.17, 15) is 13.5 Å². The summed E-state index contributed by atoms with van der Waals surface area (Å²) >= 11 is 0. The maximum atomic E-state index is 14.0. The highest BCUT2D eigenvalue weighted by Gasteiger charge is 2.60. The van der Waals surface area contributed by atoms with Gasteiger partial charge in [0, 0.05) is 18.7 Å². The smallest absolute Gasteiger partial charge is 0.375 e. The highest BCUT2D eigenvalue weighted by Crippen LogP contribution is 2.71. The van der Waals surface area contributed by atoms with Gasteiger partial charge in [-0.1, -0.05) is 26.0 Å². The van der Waals surface area contributed by atoms with Crippen molar-refractivity contribution in [3.8, 4) is 0 Å². The molecule has 10 heteroatoms. The summed E-state index contributed by atoms with van der Waals surface area (Å²) in [5.41, 5.74) is 0.667. The lowest BCUT2D eigenvalue weighted by Crippen LogP contribution is -2.23. The van der Waals surface area contributed by atoms with E-state index in [-0.39, 0.29) is 6.42 Å². The minimum atomic E-state index is -5.55. The summed E-state index contributed by atoms with van der Waals surface area (Å²) in [4.78, 5) is 35.3. The molecule has 0 unspecified atom stereocenters. The molecule has 0 saturated heterocycles. The molecular weight excluding hydrogens is 323 g/mol. The zero-order valence-corrected chi connectivity index (χ0v) is 13.4. The zero-order valence-electron chi connectivity index (χ0n) is 11.6. The molecule has 0 bridgehead atoms. The van der Waals surface area contributed by atoms with Crippen molar-refractivity contribution in [1.29, 1.82) is 0 Å². The Kier molecular flexibility index (Phi) is 8.03. The molecule has 0 aliphatic heterocycles. The molecule has 0 atom stereocenters. The van der Waals surface area contributed by atoms with Crippen LogP contribution < -0.4 is 5.32 Å². The lowest BCUT2D eigenvalue weighted by molar-refractivity contribution is 0.210. The molecule has 0 aromatic carbocycles. The number of hydrogen-bond acceptors (Lipinski definition) is 3. The van der Waals surface area contributed by atoms with Gasteiger partial charge in [-0.3, -0.25) is 9.13 Å². The summed E-state index contributed by atoms with van der Waals surface area (Å²) in [5.74, 6) is 0. The fourth-order valence-electron chi connectivity index (χ4n) is 1.61. The predicted molar refractivity (Wildman–Crippen MR) is 78.4 cm³/mol. The van der Waals surface area contributed by atoms with Crippen LogP contribution in [-0.2, 0) is 9.13 Å². The molecule has 0 saturated carbocycles. The molecule has 0 fully saturated rings. The van der Waals surface area contributed by atoms with Crippen molar-refractivity contribution in [2.45, 2.75) is 37.3 Å². The van der Waals surface area contributed by atoms with Gasteiger partial charge in [0.15, 0.2) is 0 Å². The Balaban J connectivity index is 4.20. The number of halogens is 1. The van der Waals surface area contributed by atoms with Crippen LogP contribution in [-0.4, -0.2) is 31.3 Å². The summed E-state index contributed by atoms with van der Waals surface area (Å²) < 4.78 is 35.9. The first-order valence-electron chi connectivity index (χ1n) is 6.31. The van der Waals surface area contributed by atoms with E-state index in [4.69, 9.17) is 19.6 Å². The third-order valence-corrected chi connectivity index (χ3v) is 6.71. The van der Waals surface area contributed by atoms with E-state index in [0.29, 0.717) is 31.5 Å². The van der Waals surface area contributed by atoms with Gasteiger partial charge in [0.1, 0.15) is 0 Å². The largest absolute Gasteiger partial charge is 0.386 e. The normalized spacial score (nSPS) is 13.0. The van der Waals surface area contributed by atoms with Gasteiger partial charge in [-0.25, -0.2) is 4.39 Å². The molecule has 21 heavy (non-hydrogen) atoms. The molecule has 0 radical (unpaired) electrons. The molecule has 0 aliphatic carbocycles. The van der Waals surface area contributed by atoms with Crippen LogP contribution in [0.5, 0.6) is 0 Å². The summed E-state index contributed by atoms with van der Waals surface area (Å²) in [7, 11) is -11.1. The SMILES string of the molecule is C=CC(=C)NCCCCCCC(F)(P(=O)(O)O)P(=O)(O)O. The summed E-state index contributed by atoms with van der Waals surface area (Å²) in [6, 6.07) is 0. The Hall–Kier alpha value is -0.490. The molecule has 124 valence electrons. The van der Waals surface area contributed by atoms with Crippen LogP contribution in [0.3, 0.4) is 0 Å². The second-order valence-corrected chi connectivity index (χ2v) is 8.57. The summed E-state index contributed by atoms with van der Waals surface area (Å²) in [6.45, 7) is 7.77. The third-order valence-electron chi connectivity index (χ3n) is 2.91. The van der Waals surface area contributed by atoms with E-state index < -0.39 is 26.8 Å². The van der Waals surface area contributed by atoms with Gasteiger partial charge < -0.3 is 24.9 Å². The van der Waals surface area contributed by atoms with Crippen LogP contribution in [0.15, 0.2) is 24.9 Å². The number of rotatable bonds is 11. The molecule has 0 spiro atoms.